The number of hydrogen-bond donors (Lipinski definition) is 0. The minimum atomic E-state index is -6.59. The van der Waals surface area contributed by atoms with E-state index in [4.69, 9.17) is 13.8 Å². The predicted octanol–water partition coefficient (Wildman–Crippen LogP) is 6.92. The first-order chi connectivity index (χ1) is 16.8. The van der Waals surface area contributed by atoms with Crippen LogP contribution in [0.15, 0.2) is 35.6 Å². The molecule has 4 heterocycles. The van der Waals surface area contributed by atoms with Crippen LogP contribution in [0.3, 0.4) is 0 Å². The maximum absolute atomic E-state index is 14.6. The first-order valence-electron chi connectivity index (χ1n) is 10.5. The van der Waals surface area contributed by atoms with Gasteiger partial charge in [0.15, 0.2) is 0 Å². The fourth-order valence-electron chi connectivity index (χ4n) is 5.65. The average Bonchev–Trinajstić information content (AvgIpc) is 3.26. The molecule has 2 atom stereocenters. The monoisotopic (exact) mass is 578 g/mol. The van der Waals surface area contributed by atoms with Crippen molar-refractivity contribution in [3.8, 4) is 0 Å². The van der Waals surface area contributed by atoms with Crippen molar-refractivity contribution in [3.63, 3.8) is 0 Å². The third kappa shape index (κ3) is 3.13. The summed E-state index contributed by atoms with van der Waals surface area (Å²) >= 11 is 0. The molecule has 1 aromatic carbocycles. The SMILES string of the molecule is FC(F)(F)C1(C(F)(F)F)CP23(OC[C@H]4OCC[C@@H]4O2)OC(C(F)(F)F)(C(F)(F)F)C3=C1c1ccccc1. The van der Waals surface area contributed by atoms with E-state index in [1.165, 1.54) is 0 Å². The van der Waals surface area contributed by atoms with Gasteiger partial charge in [0.05, 0.1) is 0 Å². The van der Waals surface area contributed by atoms with E-state index in [0.717, 1.165) is 18.2 Å². The van der Waals surface area contributed by atoms with Crippen LogP contribution >= 0.6 is 7.28 Å². The molecule has 0 bridgehead atoms. The van der Waals surface area contributed by atoms with Gasteiger partial charge in [-0.25, -0.2) is 0 Å². The number of ether oxygens (including phenoxy) is 1. The van der Waals surface area contributed by atoms with E-state index < -0.39 is 84.4 Å². The Kier molecular flexibility index (Phi) is 5.33. The molecule has 17 heteroatoms. The van der Waals surface area contributed by atoms with Crippen LogP contribution in [0.5, 0.6) is 0 Å². The van der Waals surface area contributed by atoms with Gasteiger partial charge in [-0.3, -0.25) is 0 Å². The zero-order valence-corrected chi connectivity index (χ0v) is 18.9. The van der Waals surface area contributed by atoms with Crippen LogP contribution in [0.1, 0.15) is 12.0 Å². The molecule has 0 amide bonds. The molecule has 3 saturated heterocycles. The summed E-state index contributed by atoms with van der Waals surface area (Å²) in [5.74, 6) is 0. The number of halogens is 12. The molecule has 1 aromatic rings. The van der Waals surface area contributed by atoms with E-state index in [0.29, 0.717) is 12.1 Å². The topological polar surface area (TPSA) is 36.9 Å². The Hall–Kier alpha value is -1.61. The molecule has 0 aromatic heterocycles. The summed E-state index contributed by atoms with van der Waals surface area (Å²) in [6, 6.07) is 4.00. The normalized spacial score (nSPS) is 31.3. The van der Waals surface area contributed by atoms with Crippen molar-refractivity contribution in [3.05, 3.63) is 41.2 Å². The summed E-state index contributed by atoms with van der Waals surface area (Å²) in [5.41, 5.74) is -14.2. The molecule has 37 heavy (non-hydrogen) atoms. The maximum atomic E-state index is 14.6. The molecule has 5 rings (SSSR count). The number of rotatable bonds is 1. The van der Waals surface area contributed by atoms with Crippen molar-refractivity contribution in [2.45, 2.75) is 48.9 Å². The van der Waals surface area contributed by atoms with E-state index in [1.54, 1.807) is 0 Å². The Bertz CT molecular complexity index is 1110. The van der Waals surface area contributed by atoms with E-state index in [1.807, 2.05) is 0 Å². The molecular formula is C20H15F12O4P. The van der Waals surface area contributed by atoms with E-state index >= 15 is 0 Å². The summed E-state index contributed by atoms with van der Waals surface area (Å²) in [5, 5.41) is -2.34. The molecule has 208 valence electrons. The van der Waals surface area contributed by atoms with Crippen molar-refractivity contribution in [2.75, 3.05) is 19.4 Å². The van der Waals surface area contributed by atoms with Crippen LogP contribution < -0.4 is 0 Å². The number of alkyl halides is 12. The van der Waals surface area contributed by atoms with E-state index in [-0.39, 0.29) is 13.0 Å². The van der Waals surface area contributed by atoms with Crippen molar-refractivity contribution >= 4 is 12.9 Å². The molecule has 0 saturated carbocycles. The fourth-order valence-corrected chi connectivity index (χ4v) is 11.5. The summed E-state index contributed by atoms with van der Waals surface area (Å²) < 4.78 is 193. The summed E-state index contributed by atoms with van der Waals surface area (Å²) in [4.78, 5) is 0. The van der Waals surface area contributed by atoms with Crippen molar-refractivity contribution < 1.29 is 71.0 Å². The Morgan fingerprint density at radius 3 is 1.84 bits per heavy atom. The number of benzene rings is 1. The molecule has 1 spiro atoms. The third-order valence-corrected chi connectivity index (χ3v) is 11.5. The average molecular weight is 578 g/mol. The van der Waals surface area contributed by atoms with Gasteiger partial charge < -0.3 is 0 Å². The zero-order chi connectivity index (χ0) is 27.5. The Morgan fingerprint density at radius 2 is 1.32 bits per heavy atom. The van der Waals surface area contributed by atoms with Gasteiger partial charge in [-0.15, -0.1) is 0 Å². The Morgan fingerprint density at radius 1 is 0.757 bits per heavy atom. The molecule has 4 aliphatic heterocycles. The van der Waals surface area contributed by atoms with E-state index in [9.17, 15) is 52.7 Å². The second-order valence-corrected chi connectivity index (χ2v) is 12.6. The van der Waals surface area contributed by atoms with Crippen molar-refractivity contribution in [2.24, 2.45) is 5.41 Å². The molecule has 3 fully saturated rings. The summed E-state index contributed by atoms with van der Waals surface area (Å²) in [7, 11) is -6.59. The quantitative estimate of drug-likeness (QED) is 0.268. The molecule has 4 nitrogen and oxygen atoms in total. The van der Waals surface area contributed by atoms with Crippen LogP contribution in [-0.2, 0) is 18.3 Å². The summed E-state index contributed by atoms with van der Waals surface area (Å²) in [6.07, 6.45) is -31.2. The van der Waals surface area contributed by atoms with Crippen LogP contribution in [0.4, 0.5) is 52.7 Å². The predicted molar refractivity (Wildman–Crippen MR) is 101 cm³/mol. The first kappa shape index (κ1) is 27.0. The first-order valence-corrected chi connectivity index (χ1v) is 12.7. The van der Waals surface area contributed by atoms with Gasteiger partial charge in [0.1, 0.15) is 0 Å². The molecule has 0 unspecified atom stereocenters. The zero-order valence-electron chi connectivity index (χ0n) is 18.0. The molecule has 4 aliphatic rings. The number of fused-ring (bicyclic) bond motifs is 1. The Balaban J connectivity index is 1.96. The van der Waals surface area contributed by atoms with Gasteiger partial charge in [-0.2, -0.15) is 0 Å². The van der Waals surface area contributed by atoms with Crippen molar-refractivity contribution in [1.29, 1.82) is 0 Å². The van der Waals surface area contributed by atoms with Crippen LogP contribution in [0.25, 0.3) is 5.57 Å². The van der Waals surface area contributed by atoms with Gasteiger partial charge in [0, 0.05) is 0 Å². The number of hydrogen-bond acceptors (Lipinski definition) is 4. The molecular weight excluding hydrogens is 563 g/mol. The van der Waals surface area contributed by atoms with Crippen LogP contribution in [-0.4, -0.2) is 61.9 Å². The third-order valence-electron chi connectivity index (χ3n) is 7.09. The van der Waals surface area contributed by atoms with Crippen molar-refractivity contribution in [1.82, 2.24) is 0 Å². The van der Waals surface area contributed by atoms with Gasteiger partial charge in [-0.05, 0) is 0 Å². The van der Waals surface area contributed by atoms with Gasteiger partial charge >= 0.3 is 199 Å². The Labute approximate surface area is 199 Å². The van der Waals surface area contributed by atoms with Gasteiger partial charge in [-0.1, -0.05) is 0 Å². The molecule has 0 aliphatic carbocycles. The van der Waals surface area contributed by atoms with E-state index in [2.05, 4.69) is 4.52 Å². The van der Waals surface area contributed by atoms with Gasteiger partial charge in [0.25, 0.3) is 0 Å². The minimum absolute atomic E-state index is 0.164. The second kappa shape index (κ2) is 7.32. The summed E-state index contributed by atoms with van der Waals surface area (Å²) in [6.45, 7) is -1.09. The van der Waals surface area contributed by atoms with Gasteiger partial charge in [0.2, 0.25) is 0 Å². The molecule has 0 radical (unpaired) electrons. The fraction of sp³-hybridized carbons (Fsp3) is 0.600. The number of allylic oxidation sites excluding steroid dienone is 1. The van der Waals surface area contributed by atoms with Crippen LogP contribution in [0, 0.1) is 5.41 Å². The second-order valence-electron chi connectivity index (χ2n) is 9.10. The van der Waals surface area contributed by atoms with Crippen LogP contribution in [0.2, 0.25) is 0 Å². The molecule has 0 N–H and O–H groups in total. The standard InChI is InChI=1S/C20H15F12O4P/c21-17(22,23)15(18(24,25)26)9-37(34-8-12-11(35-37)6-7-33-12)14(13(15)10-4-2-1-3-5-10)16(36-37,19(27,28)29)20(30,31)32/h1-5,11-12H,6-9H2/t11-,12+/m0/s1.